The summed E-state index contributed by atoms with van der Waals surface area (Å²) in [5.74, 6) is -2.58. The molecule has 4 fully saturated rings. The Labute approximate surface area is 212 Å². The molecule has 4 aliphatic rings. The van der Waals surface area contributed by atoms with E-state index in [0.29, 0.717) is 52.1 Å². The maximum Gasteiger partial charge on any atom is 0.313 e. The summed E-state index contributed by atoms with van der Waals surface area (Å²) >= 11 is 0. The second-order valence-electron chi connectivity index (χ2n) is 10.3. The van der Waals surface area contributed by atoms with Gasteiger partial charge in [0.15, 0.2) is 0 Å². The molecule has 5 atom stereocenters. The molecule has 2 bridgehead atoms. The topological polar surface area (TPSA) is 109 Å². The minimum Gasteiger partial charge on any atom is -0.461 e. The number of likely N-dealkylation sites (tertiary alicyclic amines) is 1. The Kier molecular flexibility index (Phi) is 8.18. The van der Waals surface area contributed by atoms with E-state index in [4.69, 9.17) is 14.2 Å². The fourth-order valence-electron chi connectivity index (χ4n) is 6.48. The Hall–Kier alpha value is -2.27. The van der Waals surface area contributed by atoms with E-state index >= 15 is 0 Å². The Morgan fingerprint density at radius 3 is 2.64 bits per heavy atom. The molecule has 4 heterocycles. The van der Waals surface area contributed by atoms with Crippen molar-refractivity contribution in [2.45, 2.75) is 43.4 Å². The third-order valence-electron chi connectivity index (χ3n) is 8.12. The van der Waals surface area contributed by atoms with E-state index in [1.807, 2.05) is 6.92 Å². The van der Waals surface area contributed by atoms with Gasteiger partial charge in [-0.1, -0.05) is 18.7 Å². The van der Waals surface area contributed by atoms with E-state index in [9.17, 15) is 19.5 Å². The lowest BCUT2D eigenvalue weighted by Crippen LogP contribution is -2.57. The Bertz CT molecular complexity index is 876. The lowest BCUT2D eigenvalue weighted by Gasteiger charge is -2.37. The second kappa shape index (κ2) is 11.0. The van der Waals surface area contributed by atoms with Crippen molar-refractivity contribution in [1.82, 2.24) is 14.7 Å². The van der Waals surface area contributed by atoms with Crippen molar-refractivity contribution in [2.24, 2.45) is 11.8 Å². The molecule has 0 radical (unpaired) electrons. The first kappa shape index (κ1) is 26.8. The van der Waals surface area contributed by atoms with Gasteiger partial charge in [-0.3, -0.25) is 19.3 Å². The number of nitrogens with zero attached hydrogens (tertiary/aromatic N) is 3. The minimum atomic E-state index is -1.10. The van der Waals surface area contributed by atoms with Gasteiger partial charge in [-0.15, -0.1) is 6.58 Å². The normalized spacial score (nSPS) is 33.4. The van der Waals surface area contributed by atoms with Crippen molar-refractivity contribution in [3.8, 4) is 0 Å². The quantitative estimate of drug-likeness (QED) is 0.296. The summed E-state index contributed by atoms with van der Waals surface area (Å²) in [4.78, 5) is 46.6. The summed E-state index contributed by atoms with van der Waals surface area (Å²) < 4.78 is 17.4. The monoisotopic (exact) mass is 505 g/mol. The van der Waals surface area contributed by atoms with Crippen LogP contribution in [0.25, 0.3) is 0 Å². The number of carbonyl (C=O) groups excluding carboxylic acids is 3. The van der Waals surface area contributed by atoms with Crippen molar-refractivity contribution in [2.75, 3.05) is 65.7 Å². The SMILES string of the molecule is C=CCOC(=O)[C@@H]1[C@H]2C(=O)N(CCCO)C(C(=O)N(CC=C)CCN3CCOCC3)C23CC[C@@]1(C)O3. The summed E-state index contributed by atoms with van der Waals surface area (Å²) in [5, 5.41) is 9.49. The van der Waals surface area contributed by atoms with Gasteiger partial charge < -0.3 is 29.1 Å². The maximum absolute atomic E-state index is 14.2. The van der Waals surface area contributed by atoms with Crippen molar-refractivity contribution in [3.63, 3.8) is 0 Å². The molecule has 1 N–H and O–H groups in total. The first-order valence-corrected chi connectivity index (χ1v) is 12.9. The molecular formula is C26H39N3O7. The number of esters is 1. The summed E-state index contributed by atoms with van der Waals surface area (Å²) in [5.41, 5.74) is -1.98. The average Bonchev–Trinajstić information content (AvgIpc) is 3.44. The number of morpholine rings is 1. The molecule has 2 unspecified atom stereocenters. The van der Waals surface area contributed by atoms with E-state index in [1.54, 1.807) is 11.0 Å². The van der Waals surface area contributed by atoms with E-state index in [-0.39, 0.29) is 31.6 Å². The molecule has 36 heavy (non-hydrogen) atoms. The molecule has 4 saturated heterocycles. The summed E-state index contributed by atoms with van der Waals surface area (Å²) in [7, 11) is 0. The van der Waals surface area contributed by atoms with E-state index in [1.165, 1.54) is 11.0 Å². The number of rotatable bonds is 12. The van der Waals surface area contributed by atoms with Crippen molar-refractivity contribution in [3.05, 3.63) is 25.3 Å². The largest absolute Gasteiger partial charge is 0.461 e. The fourth-order valence-corrected chi connectivity index (χ4v) is 6.48. The molecule has 0 aromatic rings. The highest BCUT2D eigenvalue weighted by molar-refractivity contribution is 5.98. The third-order valence-corrected chi connectivity index (χ3v) is 8.12. The van der Waals surface area contributed by atoms with Crippen molar-refractivity contribution < 1.29 is 33.7 Å². The smallest absolute Gasteiger partial charge is 0.313 e. The van der Waals surface area contributed by atoms with Gasteiger partial charge in [0, 0.05) is 45.9 Å². The highest BCUT2D eigenvalue weighted by Gasteiger charge is 2.78. The van der Waals surface area contributed by atoms with Gasteiger partial charge in [0.2, 0.25) is 11.8 Å². The molecule has 0 aliphatic carbocycles. The van der Waals surface area contributed by atoms with Gasteiger partial charge in [-0.25, -0.2) is 0 Å². The molecule has 1 spiro atoms. The third kappa shape index (κ3) is 4.60. The number of aliphatic hydroxyl groups excluding tert-OH is 1. The number of hydrogen-bond donors (Lipinski definition) is 1. The number of carbonyl (C=O) groups is 3. The van der Waals surface area contributed by atoms with Crippen molar-refractivity contribution >= 4 is 17.8 Å². The first-order chi connectivity index (χ1) is 17.3. The molecule has 10 heteroatoms. The molecule has 4 aliphatic heterocycles. The van der Waals surface area contributed by atoms with E-state index in [2.05, 4.69) is 18.1 Å². The minimum absolute atomic E-state index is 0.0462. The number of ether oxygens (including phenoxy) is 3. The number of aliphatic hydroxyl groups is 1. The number of fused-ring (bicyclic) bond motifs is 1. The van der Waals surface area contributed by atoms with Gasteiger partial charge in [0.25, 0.3) is 0 Å². The van der Waals surface area contributed by atoms with Crippen molar-refractivity contribution in [1.29, 1.82) is 0 Å². The Morgan fingerprint density at radius 1 is 1.22 bits per heavy atom. The summed E-state index contributed by atoms with van der Waals surface area (Å²) in [6.07, 6.45) is 4.56. The van der Waals surface area contributed by atoms with Gasteiger partial charge in [0.05, 0.1) is 24.7 Å². The van der Waals surface area contributed by atoms with Gasteiger partial charge >= 0.3 is 5.97 Å². The lowest BCUT2D eigenvalue weighted by molar-refractivity contribution is -0.159. The van der Waals surface area contributed by atoms with Crippen LogP contribution >= 0.6 is 0 Å². The van der Waals surface area contributed by atoms with Gasteiger partial charge in [-0.05, 0) is 26.2 Å². The summed E-state index contributed by atoms with van der Waals surface area (Å²) in [6, 6.07) is -0.870. The zero-order valence-corrected chi connectivity index (χ0v) is 21.2. The van der Waals surface area contributed by atoms with Crippen LogP contribution in [0.15, 0.2) is 25.3 Å². The maximum atomic E-state index is 14.2. The lowest BCUT2D eigenvalue weighted by atomic mass is 9.66. The average molecular weight is 506 g/mol. The molecule has 0 aromatic heterocycles. The van der Waals surface area contributed by atoms with Crippen LogP contribution in [0.4, 0.5) is 0 Å². The highest BCUT2D eigenvalue weighted by Crippen LogP contribution is 2.63. The van der Waals surface area contributed by atoms with Crippen LogP contribution in [-0.4, -0.2) is 121 Å². The zero-order valence-electron chi connectivity index (χ0n) is 21.2. The standard InChI is InChI=1S/C26H39N3O7/c1-4-9-28(12-11-27-13-17-34-18-14-27)23(32)21-26-8-7-25(3,36-26)20(24(33)35-16-5-2)19(26)22(31)29(21)10-6-15-30/h4-5,19-21,30H,1-2,6-18H2,3H3/t19-,20-,21?,25+,26?/m0/s1. The fraction of sp³-hybridized carbons (Fsp3) is 0.731. The predicted octanol–water partition coefficient (Wildman–Crippen LogP) is 0.210. The second-order valence-corrected chi connectivity index (χ2v) is 10.3. The molecule has 0 saturated carbocycles. The highest BCUT2D eigenvalue weighted by atomic mass is 16.6. The zero-order chi connectivity index (χ0) is 25.9. The van der Waals surface area contributed by atoms with Crippen LogP contribution in [0.5, 0.6) is 0 Å². The van der Waals surface area contributed by atoms with Crippen LogP contribution in [0, 0.1) is 11.8 Å². The Balaban J connectivity index is 1.63. The van der Waals surface area contributed by atoms with Gasteiger partial charge in [-0.2, -0.15) is 0 Å². The van der Waals surface area contributed by atoms with Crippen LogP contribution in [0.3, 0.4) is 0 Å². The molecule has 2 amide bonds. The van der Waals surface area contributed by atoms with Crippen LogP contribution in [0.2, 0.25) is 0 Å². The van der Waals surface area contributed by atoms with Crippen LogP contribution in [-0.2, 0) is 28.6 Å². The van der Waals surface area contributed by atoms with Crippen LogP contribution < -0.4 is 0 Å². The Morgan fingerprint density at radius 2 is 1.97 bits per heavy atom. The predicted molar refractivity (Wildman–Crippen MR) is 131 cm³/mol. The van der Waals surface area contributed by atoms with Gasteiger partial charge in [0.1, 0.15) is 24.2 Å². The summed E-state index contributed by atoms with van der Waals surface area (Å²) in [6.45, 7) is 13.9. The molecule has 200 valence electrons. The molecule has 4 rings (SSSR count). The van der Waals surface area contributed by atoms with Crippen LogP contribution in [0.1, 0.15) is 26.2 Å². The molecule has 0 aromatic carbocycles. The number of amides is 2. The first-order valence-electron chi connectivity index (χ1n) is 12.9. The molecular weight excluding hydrogens is 466 g/mol. The molecule has 10 nitrogen and oxygen atoms in total. The number of hydrogen-bond acceptors (Lipinski definition) is 8. The van der Waals surface area contributed by atoms with E-state index < -0.39 is 35.0 Å². The van der Waals surface area contributed by atoms with E-state index in [0.717, 1.165) is 13.1 Å².